The van der Waals surface area contributed by atoms with Crippen LogP contribution in [-0.4, -0.2) is 15.5 Å². The van der Waals surface area contributed by atoms with Crippen molar-refractivity contribution in [1.29, 1.82) is 0 Å². The van der Waals surface area contributed by atoms with E-state index in [0.717, 1.165) is 16.7 Å². The minimum Gasteiger partial charge on any atom is -0.325 e. The minimum absolute atomic E-state index is 0.0608. The molecule has 0 spiro atoms. The fourth-order valence-corrected chi connectivity index (χ4v) is 2.01. The van der Waals surface area contributed by atoms with Crippen molar-refractivity contribution in [2.24, 2.45) is 0 Å². The van der Waals surface area contributed by atoms with Gasteiger partial charge in [-0.05, 0) is 24.3 Å². The van der Waals surface area contributed by atoms with Crippen LogP contribution in [0.4, 0.5) is 5.69 Å². The Balaban J connectivity index is 1.76. The molecule has 2 aromatic carbocycles. The number of anilines is 1. The first-order valence-electron chi connectivity index (χ1n) is 6.08. The van der Waals surface area contributed by atoms with Crippen molar-refractivity contribution >= 4 is 22.6 Å². The Hall–Kier alpha value is -2.62. The van der Waals surface area contributed by atoms with Crippen molar-refractivity contribution in [2.75, 3.05) is 5.32 Å². The van der Waals surface area contributed by atoms with Crippen molar-refractivity contribution in [1.82, 2.24) is 9.55 Å². The van der Waals surface area contributed by atoms with Gasteiger partial charge in [-0.15, -0.1) is 0 Å². The van der Waals surface area contributed by atoms with Crippen molar-refractivity contribution in [3.63, 3.8) is 0 Å². The van der Waals surface area contributed by atoms with Crippen molar-refractivity contribution in [3.05, 3.63) is 60.9 Å². The maximum Gasteiger partial charge on any atom is 0.244 e. The number of carbonyl (C=O) groups excluding carboxylic acids is 1. The molecule has 1 aromatic heterocycles. The highest BCUT2D eigenvalue weighted by atomic mass is 16.1. The van der Waals surface area contributed by atoms with Gasteiger partial charge in [0.1, 0.15) is 6.54 Å². The molecule has 0 saturated carbocycles. The van der Waals surface area contributed by atoms with E-state index < -0.39 is 0 Å². The molecule has 0 aliphatic rings. The van der Waals surface area contributed by atoms with Gasteiger partial charge in [0, 0.05) is 5.69 Å². The summed E-state index contributed by atoms with van der Waals surface area (Å²) in [7, 11) is 0. The van der Waals surface area contributed by atoms with E-state index in [1.54, 1.807) is 6.33 Å². The summed E-state index contributed by atoms with van der Waals surface area (Å²) in [6, 6.07) is 17.2. The quantitative estimate of drug-likeness (QED) is 0.778. The molecule has 0 aliphatic heterocycles. The molecule has 1 heterocycles. The number of aromatic nitrogens is 2. The van der Waals surface area contributed by atoms with E-state index in [1.165, 1.54) is 0 Å². The summed E-state index contributed by atoms with van der Waals surface area (Å²) in [5.41, 5.74) is 2.66. The van der Waals surface area contributed by atoms with Crippen LogP contribution in [0.25, 0.3) is 11.0 Å². The lowest BCUT2D eigenvalue weighted by atomic mass is 10.3. The minimum atomic E-state index is -0.0608. The summed E-state index contributed by atoms with van der Waals surface area (Å²) in [4.78, 5) is 16.2. The number of fused-ring (bicyclic) bond motifs is 1. The molecule has 0 bridgehead atoms. The van der Waals surface area contributed by atoms with Gasteiger partial charge in [-0.1, -0.05) is 30.3 Å². The lowest BCUT2D eigenvalue weighted by Gasteiger charge is -2.06. The maximum atomic E-state index is 12.0. The summed E-state index contributed by atoms with van der Waals surface area (Å²) in [5, 5.41) is 2.86. The second kappa shape index (κ2) is 4.94. The third kappa shape index (κ3) is 2.47. The first kappa shape index (κ1) is 11.5. The second-order valence-corrected chi connectivity index (χ2v) is 4.28. The van der Waals surface area contributed by atoms with Gasteiger partial charge in [-0.2, -0.15) is 0 Å². The van der Waals surface area contributed by atoms with Crippen LogP contribution >= 0.6 is 0 Å². The van der Waals surface area contributed by atoms with Gasteiger partial charge in [-0.25, -0.2) is 4.98 Å². The fraction of sp³-hybridized carbons (Fsp3) is 0.0667. The fourth-order valence-electron chi connectivity index (χ4n) is 2.01. The highest BCUT2D eigenvalue weighted by Gasteiger charge is 2.06. The highest BCUT2D eigenvalue weighted by molar-refractivity contribution is 5.91. The number of imidazole rings is 1. The average molecular weight is 251 g/mol. The van der Waals surface area contributed by atoms with Crippen LogP contribution in [-0.2, 0) is 11.3 Å². The third-order valence-electron chi connectivity index (χ3n) is 2.90. The zero-order chi connectivity index (χ0) is 13.1. The van der Waals surface area contributed by atoms with Crippen LogP contribution in [0.1, 0.15) is 0 Å². The molecule has 19 heavy (non-hydrogen) atoms. The molecule has 1 amide bonds. The topological polar surface area (TPSA) is 46.9 Å². The number of nitrogens with one attached hydrogen (secondary N) is 1. The number of hydrogen-bond acceptors (Lipinski definition) is 2. The Morgan fingerprint density at radius 1 is 1.05 bits per heavy atom. The number of benzene rings is 2. The molecule has 0 saturated heterocycles. The van der Waals surface area contributed by atoms with Crippen LogP contribution in [0.2, 0.25) is 0 Å². The predicted molar refractivity (Wildman–Crippen MR) is 74.8 cm³/mol. The normalized spacial score (nSPS) is 10.5. The molecule has 0 atom stereocenters. The van der Waals surface area contributed by atoms with Crippen molar-refractivity contribution < 1.29 is 4.79 Å². The molecule has 0 fully saturated rings. The average Bonchev–Trinajstić information content (AvgIpc) is 2.83. The summed E-state index contributed by atoms with van der Waals surface area (Å²) in [6.07, 6.45) is 1.69. The molecule has 0 radical (unpaired) electrons. The second-order valence-electron chi connectivity index (χ2n) is 4.28. The molecule has 0 aliphatic carbocycles. The number of rotatable bonds is 3. The molecular weight excluding hydrogens is 238 g/mol. The van der Waals surface area contributed by atoms with Crippen molar-refractivity contribution in [2.45, 2.75) is 6.54 Å². The van der Waals surface area contributed by atoms with Crippen LogP contribution in [0.5, 0.6) is 0 Å². The Labute approximate surface area is 110 Å². The van der Waals surface area contributed by atoms with E-state index >= 15 is 0 Å². The highest BCUT2D eigenvalue weighted by Crippen LogP contribution is 2.12. The van der Waals surface area contributed by atoms with Gasteiger partial charge in [0.2, 0.25) is 5.91 Å². The number of nitrogens with zero attached hydrogens (tertiary/aromatic N) is 2. The first-order chi connectivity index (χ1) is 9.33. The van der Waals surface area contributed by atoms with Gasteiger partial charge in [0.05, 0.1) is 17.4 Å². The molecule has 0 unspecified atom stereocenters. The molecular formula is C15H13N3O. The van der Waals surface area contributed by atoms with Crippen LogP contribution < -0.4 is 5.32 Å². The summed E-state index contributed by atoms with van der Waals surface area (Å²) in [6.45, 7) is 0.259. The summed E-state index contributed by atoms with van der Waals surface area (Å²) >= 11 is 0. The smallest absolute Gasteiger partial charge is 0.244 e. The first-order valence-corrected chi connectivity index (χ1v) is 6.08. The molecule has 1 N–H and O–H groups in total. The van der Waals surface area contributed by atoms with Gasteiger partial charge in [0.25, 0.3) is 0 Å². The van der Waals surface area contributed by atoms with Crippen LogP contribution in [0.3, 0.4) is 0 Å². The lowest BCUT2D eigenvalue weighted by molar-refractivity contribution is -0.116. The predicted octanol–water partition coefficient (Wildman–Crippen LogP) is 2.68. The standard InChI is InChI=1S/C15H13N3O/c19-15(17-12-6-2-1-3-7-12)10-18-11-16-13-8-4-5-9-14(13)18/h1-9,11H,10H2,(H,17,19). The molecule has 3 aromatic rings. The van der Waals surface area contributed by atoms with Crippen molar-refractivity contribution in [3.8, 4) is 0 Å². The Bertz CT molecular complexity index is 703. The van der Waals surface area contributed by atoms with E-state index in [-0.39, 0.29) is 12.5 Å². The molecule has 4 nitrogen and oxygen atoms in total. The molecule has 3 rings (SSSR count). The van der Waals surface area contributed by atoms with Gasteiger partial charge in [0.15, 0.2) is 0 Å². The molecule has 94 valence electrons. The Morgan fingerprint density at radius 3 is 2.63 bits per heavy atom. The number of hydrogen-bond donors (Lipinski definition) is 1. The summed E-state index contributed by atoms with van der Waals surface area (Å²) in [5.74, 6) is -0.0608. The van der Waals surface area contributed by atoms with E-state index in [4.69, 9.17) is 0 Å². The SMILES string of the molecule is O=C(Cn1cnc2ccccc21)Nc1ccccc1. The van der Waals surface area contributed by atoms with E-state index in [0.29, 0.717) is 0 Å². The van der Waals surface area contributed by atoms with Gasteiger partial charge in [-0.3, -0.25) is 4.79 Å². The maximum absolute atomic E-state index is 12.0. The number of para-hydroxylation sites is 3. The monoisotopic (exact) mass is 251 g/mol. The van der Waals surface area contributed by atoms with Gasteiger partial charge < -0.3 is 9.88 Å². The summed E-state index contributed by atoms with van der Waals surface area (Å²) < 4.78 is 1.84. The number of amides is 1. The zero-order valence-corrected chi connectivity index (χ0v) is 10.3. The molecule has 4 heteroatoms. The van der Waals surface area contributed by atoms with Crippen LogP contribution in [0, 0.1) is 0 Å². The van der Waals surface area contributed by atoms with E-state index in [2.05, 4.69) is 10.3 Å². The third-order valence-corrected chi connectivity index (χ3v) is 2.90. The van der Waals surface area contributed by atoms with E-state index in [1.807, 2.05) is 59.2 Å². The van der Waals surface area contributed by atoms with Crippen LogP contribution in [0.15, 0.2) is 60.9 Å². The lowest BCUT2D eigenvalue weighted by Crippen LogP contribution is -2.18. The largest absolute Gasteiger partial charge is 0.325 e. The Morgan fingerprint density at radius 2 is 1.79 bits per heavy atom. The Kier molecular flexibility index (Phi) is 2.98. The number of carbonyl (C=O) groups is 1. The zero-order valence-electron chi connectivity index (χ0n) is 10.3. The van der Waals surface area contributed by atoms with Gasteiger partial charge >= 0.3 is 0 Å². The van der Waals surface area contributed by atoms with E-state index in [9.17, 15) is 4.79 Å².